The maximum absolute atomic E-state index is 13.6. The topological polar surface area (TPSA) is 257 Å². The molecule has 50 heavy (non-hydrogen) atoms. The second kappa shape index (κ2) is 17.0. The molecule has 1 aromatic heterocycles. The summed E-state index contributed by atoms with van der Waals surface area (Å²) in [4.78, 5) is 72.9. The number of aromatic amines is 1. The largest absolute Gasteiger partial charge is 0.370 e. The average Bonchev–Trinajstić information content (AvgIpc) is 3.72. The molecule has 0 bridgehead atoms. The van der Waals surface area contributed by atoms with Crippen molar-refractivity contribution in [3.05, 3.63) is 83.6 Å². The van der Waals surface area contributed by atoms with Crippen molar-refractivity contribution >= 4 is 46.4 Å². The molecule has 0 saturated carbocycles. The number of benzene rings is 2. The number of nitrogens with two attached hydrogens (primary N) is 4. The molecule has 5 amide bonds. The van der Waals surface area contributed by atoms with Crippen LogP contribution < -0.4 is 38.9 Å². The highest BCUT2D eigenvalue weighted by Crippen LogP contribution is 2.21. The molecule has 2 aromatic carbocycles. The molecule has 1 aliphatic rings. The Morgan fingerprint density at radius 3 is 2.38 bits per heavy atom. The number of carbonyl (C=O) groups is 5. The summed E-state index contributed by atoms with van der Waals surface area (Å²) in [7, 11) is 0. The van der Waals surface area contributed by atoms with Crippen molar-refractivity contribution in [2.24, 2.45) is 27.9 Å². The van der Waals surface area contributed by atoms with Crippen molar-refractivity contribution in [1.29, 1.82) is 0 Å². The van der Waals surface area contributed by atoms with Crippen LogP contribution in [0.15, 0.2) is 65.8 Å². The van der Waals surface area contributed by atoms with E-state index >= 15 is 0 Å². The van der Waals surface area contributed by atoms with Gasteiger partial charge < -0.3 is 48.8 Å². The maximum Gasteiger partial charge on any atom is 0.247 e. The molecule has 12 N–H and O–H groups in total. The van der Waals surface area contributed by atoms with Crippen LogP contribution in [-0.4, -0.2) is 89.2 Å². The van der Waals surface area contributed by atoms with Crippen molar-refractivity contribution < 1.29 is 32.8 Å². The molecule has 4 rings (SSSR count). The Morgan fingerprint density at radius 1 is 0.960 bits per heavy atom. The van der Waals surface area contributed by atoms with E-state index in [0.717, 1.165) is 0 Å². The van der Waals surface area contributed by atoms with Gasteiger partial charge in [0.25, 0.3) is 0 Å². The van der Waals surface area contributed by atoms with E-state index in [0.29, 0.717) is 22.0 Å². The smallest absolute Gasteiger partial charge is 0.247 e. The number of primary amides is 1. The number of nitrogens with zero attached hydrogens (tertiary/aromatic N) is 2. The Balaban J connectivity index is 1.37. The van der Waals surface area contributed by atoms with Crippen molar-refractivity contribution in [2.75, 3.05) is 19.6 Å². The summed E-state index contributed by atoms with van der Waals surface area (Å²) in [5.74, 6) is -4.49. The van der Waals surface area contributed by atoms with Crippen molar-refractivity contribution in [1.82, 2.24) is 25.8 Å². The fourth-order valence-corrected chi connectivity index (χ4v) is 5.49. The van der Waals surface area contributed by atoms with Crippen LogP contribution in [0.1, 0.15) is 24.0 Å². The normalized spacial score (nSPS) is 15.6. The zero-order valence-corrected chi connectivity index (χ0v) is 27.0. The number of guanidine groups is 1. The third-order valence-corrected chi connectivity index (χ3v) is 8.03. The maximum atomic E-state index is 13.6. The van der Waals surface area contributed by atoms with Gasteiger partial charge in [0.1, 0.15) is 29.8 Å². The van der Waals surface area contributed by atoms with Gasteiger partial charge in [-0.3, -0.25) is 29.0 Å². The molecule has 17 heteroatoms. The van der Waals surface area contributed by atoms with E-state index in [1.165, 1.54) is 53.4 Å². The molecule has 2 heterocycles. The number of halogens is 2. The summed E-state index contributed by atoms with van der Waals surface area (Å²) in [5.41, 5.74) is 24.2. The molecule has 1 aliphatic heterocycles. The first-order valence-corrected chi connectivity index (χ1v) is 15.8. The van der Waals surface area contributed by atoms with Gasteiger partial charge in [-0.15, -0.1) is 0 Å². The SMILES string of the molecule is NC(=O)[C@H](Cc1c[nH]c2cc(F)ccc12)NC(=O)CNC(=O)[C@H](CCCN=C(N)N)NC(=O)[C@@H]1C=CCN1C(=O)[C@@H](N)Cc1ccc(F)cc1. The summed E-state index contributed by atoms with van der Waals surface area (Å²) < 4.78 is 26.9. The van der Waals surface area contributed by atoms with Gasteiger partial charge in [-0.25, -0.2) is 8.78 Å². The highest BCUT2D eigenvalue weighted by atomic mass is 19.1. The number of nitrogens with one attached hydrogen (secondary N) is 4. The molecule has 0 radical (unpaired) electrons. The van der Waals surface area contributed by atoms with E-state index < -0.39 is 71.9 Å². The minimum Gasteiger partial charge on any atom is -0.370 e. The van der Waals surface area contributed by atoms with Crippen LogP contribution in [0.5, 0.6) is 0 Å². The first-order chi connectivity index (χ1) is 23.8. The molecule has 0 unspecified atom stereocenters. The molecule has 0 saturated heterocycles. The second-order valence-corrected chi connectivity index (χ2v) is 11.8. The molecule has 3 aromatic rings. The molecule has 0 aliphatic carbocycles. The van der Waals surface area contributed by atoms with Gasteiger partial charge in [-0.2, -0.15) is 0 Å². The summed E-state index contributed by atoms with van der Waals surface area (Å²) in [6.07, 6.45) is 5.16. The molecular weight excluding hydrogens is 654 g/mol. The number of hydrogen-bond acceptors (Lipinski definition) is 7. The third kappa shape index (κ3) is 10.1. The summed E-state index contributed by atoms with van der Waals surface area (Å²) in [6.45, 7) is -0.310. The zero-order valence-electron chi connectivity index (χ0n) is 27.0. The van der Waals surface area contributed by atoms with Gasteiger partial charge >= 0.3 is 0 Å². The minimum absolute atomic E-state index is 0.00179. The molecule has 4 atom stereocenters. The molecule has 15 nitrogen and oxygen atoms in total. The number of aliphatic imine (C=N–C) groups is 1. The van der Waals surface area contributed by atoms with Gasteiger partial charge in [0, 0.05) is 36.6 Å². The van der Waals surface area contributed by atoms with Gasteiger partial charge in [-0.05, 0) is 60.7 Å². The van der Waals surface area contributed by atoms with Crippen LogP contribution in [0.25, 0.3) is 10.9 Å². The lowest BCUT2D eigenvalue weighted by Gasteiger charge is -2.28. The highest BCUT2D eigenvalue weighted by molar-refractivity contribution is 5.96. The second-order valence-electron chi connectivity index (χ2n) is 11.8. The fraction of sp³-hybridized carbons (Fsp3) is 0.333. The number of fused-ring (bicyclic) bond motifs is 1. The highest BCUT2D eigenvalue weighted by Gasteiger charge is 2.35. The first kappa shape index (κ1) is 37.0. The Hall–Kier alpha value is -5.84. The standard InChI is InChI=1S/C33H40F2N10O5/c34-20-7-5-18(6-8-20)13-23(36)32(50)45-12-2-4-27(45)31(49)44-24(3-1-11-40-33(38)39)30(48)42-17-28(46)43-26(29(37)47)14-19-16-41-25-15-21(35)9-10-22(19)25/h2,4-10,15-16,23-24,26-27,41H,1,3,11-14,17,36H2,(H2,37,47)(H,42,48)(H,43,46)(H,44,49)(H4,38,39,40)/t23-,24-,26-,27-/m0/s1. The number of aromatic nitrogens is 1. The lowest BCUT2D eigenvalue weighted by molar-refractivity contribution is -0.139. The molecule has 0 fully saturated rings. The quantitative estimate of drug-likeness (QED) is 0.0396. The zero-order chi connectivity index (χ0) is 36.4. The van der Waals surface area contributed by atoms with Crippen molar-refractivity contribution in [2.45, 2.75) is 49.9 Å². The van der Waals surface area contributed by atoms with E-state index in [1.807, 2.05) is 0 Å². The van der Waals surface area contributed by atoms with Crippen LogP contribution in [0.2, 0.25) is 0 Å². The lowest BCUT2D eigenvalue weighted by atomic mass is 10.0. The lowest BCUT2D eigenvalue weighted by Crippen LogP contribution is -2.56. The number of hydrogen-bond donors (Lipinski definition) is 8. The summed E-state index contributed by atoms with van der Waals surface area (Å²) in [6, 6.07) is 5.24. The molecular formula is C33H40F2N10O5. The van der Waals surface area contributed by atoms with Crippen LogP contribution in [-0.2, 0) is 36.8 Å². The van der Waals surface area contributed by atoms with Crippen LogP contribution >= 0.6 is 0 Å². The average molecular weight is 695 g/mol. The first-order valence-electron chi connectivity index (χ1n) is 15.8. The van der Waals surface area contributed by atoms with Crippen molar-refractivity contribution in [3.8, 4) is 0 Å². The van der Waals surface area contributed by atoms with E-state index in [4.69, 9.17) is 22.9 Å². The van der Waals surface area contributed by atoms with E-state index in [1.54, 1.807) is 12.3 Å². The number of carbonyl (C=O) groups excluding carboxylic acids is 5. The Labute approximate surface area is 285 Å². The van der Waals surface area contributed by atoms with Gasteiger partial charge in [0.15, 0.2) is 5.96 Å². The Morgan fingerprint density at radius 2 is 1.68 bits per heavy atom. The van der Waals surface area contributed by atoms with E-state index in [9.17, 15) is 32.8 Å². The summed E-state index contributed by atoms with van der Waals surface area (Å²) in [5, 5.41) is 8.23. The van der Waals surface area contributed by atoms with Crippen LogP contribution in [0.3, 0.4) is 0 Å². The van der Waals surface area contributed by atoms with Crippen molar-refractivity contribution in [3.63, 3.8) is 0 Å². The molecule has 0 spiro atoms. The minimum atomic E-state index is -1.16. The predicted octanol–water partition coefficient (Wildman–Crippen LogP) is -1.05. The molecule has 266 valence electrons. The summed E-state index contributed by atoms with van der Waals surface area (Å²) >= 11 is 0. The number of rotatable bonds is 16. The number of amides is 5. The van der Waals surface area contributed by atoms with Crippen LogP contribution in [0.4, 0.5) is 8.78 Å². The Bertz CT molecular complexity index is 1770. The third-order valence-electron chi connectivity index (χ3n) is 8.03. The monoisotopic (exact) mass is 694 g/mol. The van der Waals surface area contributed by atoms with Gasteiger partial charge in [0.2, 0.25) is 29.5 Å². The van der Waals surface area contributed by atoms with Gasteiger partial charge in [0.05, 0.1) is 12.6 Å². The fourth-order valence-electron chi connectivity index (χ4n) is 5.49. The number of H-pyrrole nitrogens is 1. The Kier molecular flexibility index (Phi) is 12.6. The van der Waals surface area contributed by atoms with Gasteiger partial charge in [-0.1, -0.05) is 24.3 Å². The van der Waals surface area contributed by atoms with E-state index in [2.05, 4.69) is 25.9 Å². The van der Waals surface area contributed by atoms with Crippen LogP contribution in [0, 0.1) is 11.6 Å². The van der Waals surface area contributed by atoms with E-state index in [-0.39, 0.29) is 44.7 Å². The predicted molar refractivity (Wildman–Crippen MR) is 181 cm³/mol.